The van der Waals surface area contributed by atoms with Gasteiger partial charge in [0.1, 0.15) is 6.26 Å². The Morgan fingerprint density at radius 3 is 3.12 bits per heavy atom. The van der Waals surface area contributed by atoms with E-state index in [1.54, 1.807) is 6.92 Å². The number of hydrogen-bond acceptors (Lipinski definition) is 4. The van der Waals surface area contributed by atoms with Crippen molar-refractivity contribution in [3.05, 3.63) is 36.1 Å². The Balaban J connectivity index is 2.16. The lowest BCUT2D eigenvalue weighted by Gasteiger charge is -2.01. The van der Waals surface area contributed by atoms with Gasteiger partial charge in [0.05, 0.1) is 6.61 Å². The predicted molar refractivity (Wildman–Crippen MR) is 58.8 cm³/mol. The molecule has 0 N–H and O–H groups in total. The number of rotatable bonds is 3. The van der Waals surface area contributed by atoms with Gasteiger partial charge in [-0.15, -0.1) is 0 Å². The first-order valence-corrected chi connectivity index (χ1v) is 5.31. The lowest BCUT2D eigenvalue weighted by atomic mass is 10.1. The highest BCUT2D eigenvalue weighted by Crippen LogP contribution is 2.20. The van der Waals surface area contributed by atoms with E-state index in [9.17, 15) is 4.79 Å². The van der Waals surface area contributed by atoms with Gasteiger partial charge < -0.3 is 9.15 Å². The van der Waals surface area contributed by atoms with E-state index in [0.29, 0.717) is 12.5 Å². The van der Waals surface area contributed by atoms with Gasteiger partial charge in [-0.3, -0.25) is 0 Å². The van der Waals surface area contributed by atoms with Crippen LogP contribution in [0.15, 0.2) is 28.9 Å². The molecule has 0 radical (unpaired) electrons. The van der Waals surface area contributed by atoms with Gasteiger partial charge in [0.15, 0.2) is 5.69 Å². The Morgan fingerprint density at radius 1 is 1.56 bits per heavy atom. The molecule has 0 aliphatic heterocycles. The smallest absolute Gasteiger partial charge is 0.360 e. The summed E-state index contributed by atoms with van der Waals surface area (Å²) in [7, 11) is 0. The van der Waals surface area contributed by atoms with Crippen LogP contribution in [-0.4, -0.2) is 17.6 Å². The van der Waals surface area contributed by atoms with Crippen LogP contribution in [0.2, 0.25) is 0 Å². The van der Waals surface area contributed by atoms with Crippen LogP contribution in [-0.2, 0) is 4.74 Å². The number of allylic oxidation sites excluding steroid dienone is 4. The fourth-order valence-corrected chi connectivity index (χ4v) is 1.48. The van der Waals surface area contributed by atoms with Gasteiger partial charge in [-0.1, -0.05) is 18.2 Å². The fraction of sp³-hybridized carbons (Fsp3) is 0.333. The highest BCUT2D eigenvalue weighted by molar-refractivity contribution is 5.87. The number of oxazole rings is 1. The fourth-order valence-electron chi connectivity index (χ4n) is 1.48. The first-order chi connectivity index (χ1) is 7.81. The van der Waals surface area contributed by atoms with Crippen LogP contribution in [0, 0.1) is 0 Å². The van der Waals surface area contributed by atoms with Crippen LogP contribution in [0.3, 0.4) is 0 Å². The van der Waals surface area contributed by atoms with Crippen molar-refractivity contribution >= 4 is 11.5 Å². The van der Waals surface area contributed by atoms with Gasteiger partial charge >= 0.3 is 5.97 Å². The van der Waals surface area contributed by atoms with Crippen molar-refractivity contribution in [2.45, 2.75) is 19.8 Å². The molecule has 0 spiro atoms. The van der Waals surface area contributed by atoms with E-state index in [4.69, 9.17) is 9.15 Å². The predicted octanol–water partition coefficient (Wildman–Crippen LogP) is 2.58. The summed E-state index contributed by atoms with van der Waals surface area (Å²) in [6, 6.07) is 0. The lowest BCUT2D eigenvalue weighted by molar-refractivity contribution is 0.0519. The molecule has 0 amide bonds. The topological polar surface area (TPSA) is 52.3 Å². The third kappa shape index (κ3) is 2.21. The molecule has 0 saturated heterocycles. The molecule has 4 nitrogen and oxygen atoms in total. The van der Waals surface area contributed by atoms with Gasteiger partial charge in [0, 0.05) is 5.57 Å². The summed E-state index contributed by atoms with van der Waals surface area (Å²) in [5.41, 5.74) is 1.14. The Morgan fingerprint density at radius 2 is 2.44 bits per heavy atom. The molecule has 1 aliphatic rings. The molecule has 2 rings (SSSR count). The minimum atomic E-state index is -0.446. The second-order valence-corrected chi connectivity index (χ2v) is 3.40. The summed E-state index contributed by atoms with van der Waals surface area (Å²) in [6.07, 6.45) is 9.39. The SMILES string of the molecule is CCOC(=O)c1coc(C2=CCCC=C2)n1. The molecule has 1 heterocycles. The Bertz CT molecular complexity index is 443. The average Bonchev–Trinajstić information content (AvgIpc) is 2.80. The number of esters is 1. The maximum absolute atomic E-state index is 11.4. The third-order valence-corrected chi connectivity index (χ3v) is 2.23. The monoisotopic (exact) mass is 219 g/mol. The van der Waals surface area contributed by atoms with Gasteiger partial charge in [-0.2, -0.15) is 0 Å². The molecule has 0 bridgehead atoms. The molecule has 16 heavy (non-hydrogen) atoms. The van der Waals surface area contributed by atoms with Crippen LogP contribution >= 0.6 is 0 Å². The molecule has 84 valence electrons. The van der Waals surface area contributed by atoms with Crippen LogP contribution in [0.5, 0.6) is 0 Å². The number of carbonyl (C=O) groups excluding carboxylic acids is 1. The van der Waals surface area contributed by atoms with E-state index < -0.39 is 5.97 Å². The normalized spacial score (nSPS) is 14.7. The number of nitrogens with zero attached hydrogens (tertiary/aromatic N) is 1. The summed E-state index contributed by atoms with van der Waals surface area (Å²) in [5.74, 6) is 0.0249. The summed E-state index contributed by atoms with van der Waals surface area (Å²) < 4.78 is 10.1. The second kappa shape index (κ2) is 4.79. The Labute approximate surface area is 93.6 Å². The van der Waals surface area contributed by atoms with E-state index >= 15 is 0 Å². The van der Waals surface area contributed by atoms with E-state index in [1.165, 1.54) is 6.26 Å². The second-order valence-electron chi connectivity index (χ2n) is 3.40. The summed E-state index contributed by atoms with van der Waals surface area (Å²) >= 11 is 0. The zero-order valence-electron chi connectivity index (χ0n) is 9.10. The van der Waals surface area contributed by atoms with Crippen molar-refractivity contribution in [2.75, 3.05) is 6.61 Å². The zero-order valence-corrected chi connectivity index (χ0v) is 9.10. The first kappa shape index (κ1) is 10.7. The van der Waals surface area contributed by atoms with Gasteiger partial charge in [0.25, 0.3) is 0 Å². The van der Waals surface area contributed by atoms with Crippen LogP contribution in [0.1, 0.15) is 36.1 Å². The number of ether oxygens (including phenoxy) is 1. The molecule has 4 heteroatoms. The molecule has 0 fully saturated rings. The van der Waals surface area contributed by atoms with Crippen molar-refractivity contribution in [1.29, 1.82) is 0 Å². The van der Waals surface area contributed by atoms with E-state index in [2.05, 4.69) is 11.1 Å². The lowest BCUT2D eigenvalue weighted by Crippen LogP contribution is -2.04. The van der Waals surface area contributed by atoms with Gasteiger partial charge in [0.2, 0.25) is 5.89 Å². The highest BCUT2D eigenvalue weighted by Gasteiger charge is 2.14. The van der Waals surface area contributed by atoms with Crippen LogP contribution < -0.4 is 0 Å². The van der Waals surface area contributed by atoms with Crippen molar-refractivity contribution < 1.29 is 13.9 Å². The maximum atomic E-state index is 11.4. The standard InChI is InChI=1S/C12H13NO3/c1-2-15-12(14)10-8-16-11(13-10)9-6-4-3-5-7-9/h4,6-8H,2-3,5H2,1H3. The first-order valence-electron chi connectivity index (χ1n) is 5.31. The summed E-state index contributed by atoms with van der Waals surface area (Å²) in [6.45, 7) is 2.09. The van der Waals surface area contributed by atoms with Crippen molar-refractivity contribution in [3.8, 4) is 0 Å². The van der Waals surface area contributed by atoms with Crippen molar-refractivity contribution in [2.24, 2.45) is 0 Å². The maximum Gasteiger partial charge on any atom is 0.360 e. The molecule has 0 atom stereocenters. The molecule has 0 saturated carbocycles. The third-order valence-electron chi connectivity index (χ3n) is 2.23. The molecular formula is C12H13NO3. The number of carbonyl (C=O) groups is 1. The summed E-state index contributed by atoms with van der Waals surface area (Å²) in [5, 5.41) is 0. The van der Waals surface area contributed by atoms with E-state index in [1.807, 2.05) is 12.2 Å². The molecule has 0 unspecified atom stereocenters. The Hall–Kier alpha value is -1.84. The average molecular weight is 219 g/mol. The zero-order chi connectivity index (χ0) is 11.4. The molecule has 1 aliphatic carbocycles. The van der Waals surface area contributed by atoms with E-state index in [-0.39, 0.29) is 5.69 Å². The van der Waals surface area contributed by atoms with Crippen molar-refractivity contribution in [3.63, 3.8) is 0 Å². The molecule has 1 aromatic rings. The molecule has 1 aromatic heterocycles. The molecule has 0 aromatic carbocycles. The Kier molecular flexibility index (Phi) is 3.19. The van der Waals surface area contributed by atoms with Crippen LogP contribution in [0.4, 0.5) is 0 Å². The van der Waals surface area contributed by atoms with E-state index in [0.717, 1.165) is 18.4 Å². The molecular weight excluding hydrogens is 206 g/mol. The minimum absolute atomic E-state index is 0.219. The van der Waals surface area contributed by atoms with Crippen molar-refractivity contribution in [1.82, 2.24) is 4.98 Å². The minimum Gasteiger partial charge on any atom is -0.461 e. The largest absolute Gasteiger partial charge is 0.461 e. The quantitative estimate of drug-likeness (QED) is 0.733. The van der Waals surface area contributed by atoms with Gasteiger partial charge in [-0.05, 0) is 19.8 Å². The number of aromatic nitrogens is 1. The number of hydrogen-bond donors (Lipinski definition) is 0. The summed E-state index contributed by atoms with van der Waals surface area (Å²) in [4.78, 5) is 15.5. The van der Waals surface area contributed by atoms with Crippen LogP contribution in [0.25, 0.3) is 5.57 Å². The van der Waals surface area contributed by atoms with Gasteiger partial charge in [-0.25, -0.2) is 9.78 Å². The highest BCUT2D eigenvalue weighted by atomic mass is 16.5.